The summed E-state index contributed by atoms with van der Waals surface area (Å²) in [7, 11) is 0. The van der Waals surface area contributed by atoms with Gasteiger partial charge < -0.3 is 46.1 Å². The second-order valence-electron chi connectivity index (χ2n) is 17.8. The molecule has 76 heavy (non-hydrogen) atoms. The van der Waals surface area contributed by atoms with Crippen molar-refractivity contribution in [1.29, 1.82) is 0 Å². The summed E-state index contributed by atoms with van der Waals surface area (Å²) < 4.78 is 69.7. The van der Waals surface area contributed by atoms with Crippen molar-refractivity contribution in [2.75, 3.05) is 55.2 Å². The number of hydrogen-bond donors (Lipinski definition) is 8. The van der Waals surface area contributed by atoms with Gasteiger partial charge in [0.1, 0.15) is 52.8 Å². The zero-order chi connectivity index (χ0) is 53.5. The van der Waals surface area contributed by atoms with Crippen molar-refractivity contribution < 1.29 is 46.2 Å². The molecule has 0 spiro atoms. The van der Waals surface area contributed by atoms with Crippen LogP contribution in [0.2, 0.25) is 20.1 Å². The Balaban J connectivity index is 0.000000140. The van der Waals surface area contributed by atoms with Crippen molar-refractivity contribution in [3.8, 4) is 28.5 Å². The number of nitrogens with zero attached hydrogens (tertiary/aromatic N) is 2. The Hall–Kier alpha value is -6.91. The maximum atomic E-state index is 14.2. The van der Waals surface area contributed by atoms with Gasteiger partial charge >= 0.3 is 6.18 Å². The molecule has 4 aliphatic rings. The third kappa shape index (κ3) is 13.7. The highest BCUT2D eigenvalue weighted by Crippen LogP contribution is 2.43. The lowest BCUT2D eigenvalue weighted by Gasteiger charge is -2.27. The first kappa shape index (κ1) is 53.9. The highest BCUT2D eigenvalue weighted by atomic mass is 35.5. The summed E-state index contributed by atoms with van der Waals surface area (Å²) in [6, 6.07) is 28.3. The minimum absolute atomic E-state index is 0.0163. The normalized spacial score (nSPS) is 15.3. The number of benzene rings is 5. The number of carbonyl (C=O) groups is 3. The predicted octanol–water partition coefficient (Wildman–Crippen LogP) is 10.6. The molecule has 4 fully saturated rings. The molecule has 396 valence electrons. The van der Waals surface area contributed by atoms with Crippen molar-refractivity contribution in [3.63, 3.8) is 0 Å². The Morgan fingerprint density at radius 2 is 1.13 bits per heavy atom. The number of rotatable bonds is 14. The van der Waals surface area contributed by atoms with Crippen LogP contribution in [-0.4, -0.2) is 95.7 Å². The average Bonchev–Trinajstić information content (AvgIpc) is 4.02. The summed E-state index contributed by atoms with van der Waals surface area (Å²) in [5.74, 6) is 0.183. The van der Waals surface area contributed by atoms with Crippen LogP contribution in [0.25, 0.3) is 11.3 Å². The van der Waals surface area contributed by atoms with E-state index in [0.717, 1.165) is 81.2 Å². The average molecular weight is 1120 g/mol. The van der Waals surface area contributed by atoms with Crippen LogP contribution < -0.4 is 46.1 Å². The lowest BCUT2D eigenvalue weighted by molar-refractivity contribution is -0.137. The van der Waals surface area contributed by atoms with E-state index in [4.69, 9.17) is 60.6 Å². The Bertz CT molecular complexity index is 3190. The van der Waals surface area contributed by atoms with Gasteiger partial charge in [-0.3, -0.25) is 24.6 Å². The van der Waals surface area contributed by atoms with Gasteiger partial charge in [-0.25, -0.2) is 4.39 Å². The largest absolute Gasteiger partial charge is 0.488 e. The molecule has 11 rings (SSSR count). The first-order valence-electron chi connectivity index (χ1n) is 23.7. The SMILES string of the molecule is O=C(Nc1ccc(Cl)c(C(F)(F)F)c1)c1ccc(OC2CNC2)cc1.O=C(Nc1ccc(OC2CNC2)cc1)c1[nH]nc(-c2ccc(Cl)cc2)c1Cl.O=C(Nc1ccc(OC2CNC2)cc1F)c1n[nH]c(C2CC2)c1Cl. The fourth-order valence-corrected chi connectivity index (χ4v) is 8.35. The second kappa shape index (κ2) is 24.0. The fourth-order valence-electron chi connectivity index (χ4n) is 7.40. The third-order valence-corrected chi connectivity index (χ3v) is 13.4. The Morgan fingerprint density at radius 3 is 1.68 bits per heavy atom. The maximum Gasteiger partial charge on any atom is 0.417 e. The van der Waals surface area contributed by atoms with Crippen LogP contribution in [0.3, 0.4) is 0 Å². The smallest absolute Gasteiger partial charge is 0.417 e. The Labute approximate surface area is 451 Å². The molecule has 7 aromatic rings. The van der Waals surface area contributed by atoms with Crippen molar-refractivity contribution in [3.05, 3.63) is 163 Å². The van der Waals surface area contributed by atoms with Gasteiger partial charge in [-0.2, -0.15) is 23.4 Å². The molecule has 24 heteroatoms. The molecule has 0 atom stereocenters. The number of carbonyl (C=O) groups excluding carboxylic acids is 3. The van der Waals surface area contributed by atoms with Crippen LogP contribution in [0.15, 0.2) is 109 Å². The lowest BCUT2D eigenvalue weighted by Crippen LogP contribution is -2.50. The summed E-state index contributed by atoms with van der Waals surface area (Å²) in [6.45, 7) is 4.77. The van der Waals surface area contributed by atoms with E-state index in [1.165, 1.54) is 18.2 Å². The number of aromatic nitrogens is 4. The van der Waals surface area contributed by atoms with Crippen molar-refractivity contribution in [2.45, 2.75) is 43.2 Å². The van der Waals surface area contributed by atoms with Crippen LogP contribution in [0, 0.1) is 5.82 Å². The number of ether oxygens (including phenoxy) is 3. The molecule has 0 unspecified atom stereocenters. The summed E-state index contributed by atoms with van der Waals surface area (Å²) in [5, 5.41) is 31.4. The molecule has 0 radical (unpaired) electrons. The van der Waals surface area contributed by atoms with E-state index in [2.05, 4.69) is 52.3 Å². The molecule has 1 aliphatic carbocycles. The van der Waals surface area contributed by atoms with Crippen LogP contribution in [0.4, 0.5) is 34.6 Å². The summed E-state index contributed by atoms with van der Waals surface area (Å²) >= 11 is 24.0. The lowest BCUT2D eigenvalue weighted by atomic mass is 10.1. The molecule has 3 aliphatic heterocycles. The number of H-pyrrole nitrogens is 2. The van der Waals surface area contributed by atoms with Gasteiger partial charge in [-0.15, -0.1) is 0 Å². The molecule has 8 N–H and O–H groups in total. The van der Waals surface area contributed by atoms with Gasteiger partial charge in [0.15, 0.2) is 5.69 Å². The molecule has 5 heterocycles. The van der Waals surface area contributed by atoms with Crippen molar-refractivity contribution in [2.24, 2.45) is 0 Å². The molecule has 3 saturated heterocycles. The fraction of sp³-hybridized carbons (Fsp3) is 0.250. The Morgan fingerprint density at radius 1 is 0.579 bits per heavy atom. The van der Waals surface area contributed by atoms with Crippen LogP contribution in [0.1, 0.15) is 61.4 Å². The number of halogens is 8. The maximum absolute atomic E-state index is 14.2. The van der Waals surface area contributed by atoms with Crippen molar-refractivity contribution >= 4 is 81.2 Å². The number of aromatic amines is 2. The van der Waals surface area contributed by atoms with E-state index in [-0.39, 0.29) is 52.0 Å². The minimum atomic E-state index is -4.59. The second-order valence-corrected chi connectivity index (χ2v) is 19.4. The first-order valence-corrected chi connectivity index (χ1v) is 25.2. The highest BCUT2D eigenvalue weighted by molar-refractivity contribution is 6.37. The summed E-state index contributed by atoms with van der Waals surface area (Å²) in [4.78, 5) is 37.0. The minimum Gasteiger partial charge on any atom is -0.488 e. The van der Waals surface area contributed by atoms with Crippen LogP contribution in [-0.2, 0) is 6.18 Å². The molecular formula is C52H46Cl4F4N10O6. The summed E-state index contributed by atoms with van der Waals surface area (Å²) in [6.07, 6.45) is -2.12. The number of alkyl halides is 3. The first-order chi connectivity index (χ1) is 36.5. The number of hydrogen-bond acceptors (Lipinski definition) is 11. The Kier molecular flexibility index (Phi) is 17.0. The van der Waals surface area contributed by atoms with Gasteiger partial charge in [-0.1, -0.05) is 58.5 Å². The van der Waals surface area contributed by atoms with E-state index in [1.807, 2.05) is 12.1 Å². The van der Waals surface area contributed by atoms with Crippen LogP contribution >= 0.6 is 46.4 Å². The van der Waals surface area contributed by atoms with Crippen LogP contribution in [0.5, 0.6) is 17.2 Å². The monoisotopic (exact) mass is 1120 g/mol. The zero-order valence-electron chi connectivity index (χ0n) is 39.7. The van der Waals surface area contributed by atoms with Gasteiger partial charge in [0.2, 0.25) is 0 Å². The third-order valence-electron chi connectivity index (χ3n) is 12.1. The quantitative estimate of drug-likeness (QED) is 0.0481. The molecular weight excluding hydrogens is 1080 g/mol. The molecule has 1 saturated carbocycles. The molecule has 16 nitrogen and oxygen atoms in total. The van der Waals surface area contributed by atoms with E-state index >= 15 is 0 Å². The van der Waals surface area contributed by atoms with Gasteiger partial charge in [0.25, 0.3) is 17.7 Å². The molecule has 0 bridgehead atoms. The van der Waals surface area contributed by atoms with Gasteiger partial charge in [0.05, 0.1) is 32.0 Å². The molecule has 2 aromatic heterocycles. The molecule has 3 amide bonds. The van der Waals surface area contributed by atoms with Gasteiger partial charge in [-0.05, 0) is 104 Å². The summed E-state index contributed by atoms with van der Waals surface area (Å²) in [5.41, 5.74) is 2.35. The van der Waals surface area contributed by atoms with E-state index < -0.39 is 34.4 Å². The number of anilines is 3. The predicted molar refractivity (Wildman–Crippen MR) is 281 cm³/mol. The van der Waals surface area contributed by atoms with Gasteiger partial charge in [0, 0.05) is 78.8 Å². The molecule has 5 aromatic carbocycles. The standard InChI is InChI=1S/C19H16Cl2N4O2.C17H14ClF3N2O2.C16H16ClFN4O2/c20-12-3-1-11(2-4-12)17-16(21)18(25-24-17)19(26)23-13-5-7-14(8-6-13)27-15-9-22-10-15;18-15-6-3-11(7-14(15)17(19,20)21)23-16(24)10-1-4-12(5-2-10)25-13-8-22-9-13;17-13-14(8-1-2-8)21-22-15(13)16(23)20-12-4-3-9(5-11(12)18)24-10-6-19-7-10/h1-8,15,22H,9-10H2,(H,23,26)(H,24,25);1-7,13,22H,8-9H2,(H,23,24);3-5,8,10,19H,1-2,6-7H2,(H,20,23)(H,21,22). The zero-order valence-corrected chi connectivity index (χ0v) is 42.7. The van der Waals surface area contributed by atoms with E-state index in [1.54, 1.807) is 66.7 Å². The number of amides is 3. The van der Waals surface area contributed by atoms with E-state index in [0.29, 0.717) is 44.4 Å². The number of nitrogens with one attached hydrogen (secondary N) is 8. The topological polar surface area (TPSA) is 208 Å². The van der Waals surface area contributed by atoms with Crippen molar-refractivity contribution in [1.82, 2.24) is 36.3 Å². The van der Waals surface area contributed by atoms with E-state index in [9.17, 15) is 31.9 Å². The highest BCUT2D eigenvalue weighted by Gasteiger charge is 2.34.